The summed E-state index contributed by atoms with van der Waals surface area (Å²) in [7, 11) is 0. The van der Waals surface area contributed by atoms with E-state index < -0.39 is 0 Å². The maximum atomic E-state index is 12.4. The molecule has 1 aliphatic rings. The molecule has 0 spiro atoms. The molecule has 2 atom stereocenters. The molecule has 0 saturated carbocycles. The first-order chi connectivity index (χ1) is 9.88. The summed E-state index contributed by atoms with van der Waals surface area (Å²) >= 11 is 0. The maximum absolute atomic E-state index is 12.4. The zero-order valence-electron chi connectivity index (χ0n) is 13.7. The third-order valence-electron chi connectivity index (χ3n) is 4.34. The molecule has 1 amide bonds. The molecule has 0 radical (unpaired) electrons. The fourth-order valence-corrected chi connectivity index (χ4v) is 3.03. The van der Waals surface area contributed by atoms with Crippen LogP contribution in [0.5, 0.6) is 0 Å². The van der Waals surface area contributed by atoms with Gasteiger partial charge in [-0.2, -0.15) is 0 Å². The minimum atomic E-state index is 0.0280. The van der Waals surface area contributed by atoms with Crippen molar-refractivity contribution in [1.29, 1.82) is 0 Å². The number of hydrogen-bond donors (Lipinski definition) is 2. The van der Waals surface area contributed by atoms with Crippen LogP contribution in [0.25, 0.3) is 0 Å². The van der Waals surface area contributed by atoms with Crippen LogP contribution in [0.2, 0.25) is 0 Å². The lowest BCUT2D eigenvalue weighted by atomic mass is 9.85. The number of carbonyl (C=O) groups is 1. The molecule has 2 rings (SSSR count). The summed E-state index contributed by atoms with van der Waals surface area (Å²) in [6, 6.07) is 8.40. The van der Waals surface area contributed by atoms with Gasteiger partial charge < -0.3 is 10.6 Å². The van der Waals surface area contributed by atoms with Crippen LogP contribution in [0, 0.1) is 5.92 Å². The predicted octanol–water partition coefficient (Wildman–Crippen LogP) is 3.70. The molecular weight excluding hydrogens is 260 g/mol. The molecule has 1 saturated heterocycles. The minimum absolute atomic E-state index is 0.0280. The van der Waals surface area contributed by atoms with Gasteiger partial charge in [0.1, 0.15) is 0 Å². The number of rotatable bonds is 3. The molecule has 1 aromatic carbocycles. The van der Waals surface area contributed by atoms with Gasteiger partial charge in [-0.05, 0) is 42.3 Å². The Hall–Kier alpha value is -1.35. The molecule has 3 heteroatoms. The van der Waals surface area contributed by atoms with Crippen molar-refractivity contribution in [2.45, 2.75) is 58.4 Å². The molecule has 0 aliphatic carbocycles. The summed E-state index contributed by atoms with van der Waals surface area (Å²) in [6.45, 7) is 9.77. The van der Waals surface area contributed by atoms with Gasteiger partial charge in [-0.25, -0.2) is 0 Å². The van der Waals surface area contributed by atoms with Crippen molar-refractivity contribution >= 4 is 11.6 Å². The lowest BCUT2D eigenvalue weighted by molar-refractivity contribution is -0.117. The fourth-order valence-electron chi connectivity index (χ4n) is 3.03. The first kappa shape index (κ1) is 16.0. The van der Waals surface area contributed by atoms with Gasteiger partial charge >= 0.3 is 0 Å². The number of amides is 1. The van der Waals surface area contributed by atoms with Crippen molar-refractivity contribution in [3.63, 3.8) is 0 Å². The van der Waals surface area contributed by atoms with Gasteiger partial charge in [-0.15, -0.1) is 0 Å². The second kappa shape index (κ2) is 6.61. The number of benzene rings is 1. The molecule has 2 N–H and O–H groups in total. The second-order valence-electron chi connectivity index (χ2n) is 7.23. The Labute approximate surface area is 128 Å². The van der Waals surface area contributed by atoms with Crippen molar-refractivity contribution < 1.29 is 4.79 Å². The highest BCUT2D eigenvalue weighted by molar-refractivity contribution is 5.92. The molecule has 1 heterocycles. The Bertz CT molecular complexity index is 490. The molecule has 116 valence electrons. The van der Waals surface area contributed by atoms with Crippen molar-refractivity contribution in [3.05, 3.63) is 29.8 Å². The lowest BCUT2D eigenvalue weighted by Gasteiger charge is -2.30. The Morgan fingerprint density at radius 1 is 1.33 bits per heavy atom. The van der Waals surface area contributed by atoms with Gasteiger partial charge in [0.2, 0.25) is 5.91 Å². The fraction of sp³-hybridized carbons (Fsp3) is 0.611. The van der Waals surface area contributed by atoms with E-state index >= 15 is 0 Å². The predicted molar refractivity (Wildman–Crippen MR) is 88.6 cm³/mol. The smallest absolute Gasteiger partial charge is 0.225 e. The average Bonchev–Trinajstić information content (AvgIpc) is 2.41. The van der Waals surface area contributed by atoms with Gasteiger partial charge in [-0.1, -0.05) is 45.9 Å². The Morgan fingerprint density at radius 3 is 2.71 bits per heavy atom. The molecule has 2 unspecified atom stereocenters. The van der Waals surface area contributed by atoms with Crippen LogP contribution in [-0.2, 0) is 10.2 Å². The van der Waals surface area contributed by atoms with E-state index in [2.05, 4.69) is 44.4 Å². The van der Waals surface area contributed by atoms with E-state index in [0.29, 0.717) is 18.4 Å². The number of nitrogens with one attached hydrogen (secondary N) is 2. The van der Waals surface area contributed by atoms with E-state index in [1.54, 1.807) is 0 Å². The van der Waals surface area contributed by atoms with Crippen molar-refractivity contribution in [1.82, 2.24) is 5.32 Å². The normalized spacial score (nSPS) is 22.9. The summed E-state index contributed by atoms with van der Waals surface area (Å²) in [5, 5.41) is 6.58. The maximum Gasteiger partial charge on any atom is 0.225 e. The first-order valence-electron chi connectivity index (χ1n) is 8.00. The van der Waals surface area contributed by atoms with Gasteiger partial charge in [0.25, 0.3) is 0 Å². The summed E-state index contributed by atoms with van der Waals surface area (Å²) < 4.78 is 0. The number of carbonyl (C=O) groups excluding carboxylic acids is 1. The van der Waals surface area contributed by atoms with Crippen molar-refractivity contribution in [3.8, 4) is 0 Å². The summed E-state index contributed by atoms with van der Waals surface area (Å²) in [4.78, 5) is 12.4. The first-order valence-corrected chi connectivity index (χ1v) is 8.00. The Morgan fingerprint density at radius 2 is 2.05 bits per heavy atom. The SMILES string of the molecule is CC1CCCNC1CC(=O)Nc1ccccc1C(C)(C)C. The molecule has 1 aliphatic heterocycles. The van der Waals surface area contributed by atoms with Crippen LogP contribution in [-0.4, -0.2) is 18.5 Å². The van der Waals surface area contributed by atoms with E-state index in [1.165, 1.54) is 18.4 Å². The van der Waals surface area contributed by atoms with E-state index in [4.69, 9.17) is 0 Å². The molecule has 1 fully saturated rings. The molecule has 1 aromatic rings. The topological polar surface area (TPSA) is 41.1 Å². The third-order valence-corrected chi connectivity index (χ3v) is 4.34. The average molecular weight is 288 g/mol. The monoisotopic (exact) mass is 288 g/mol. The number of piperidine rings is 1. The standard InChI is InChI=1S/C18H28N2O/c1-13-8-7-11-19-16(13)12-17(21)20-15-10-6-5-9-14(15)18(2,3)4/h5-6,9-10,13,16,19H,7-8,11-12H2,1-4H3,(H,20,21). The number of hydrogen-bond acceptors (Lipinski definition) is 2. The number of anilines is 1. The van der Waals surface area contributed by atoms with Gasteiger partial charge in [-0.3, -0.25) is 4.79 Å². The Kier molecular flexibility index (Phi) is 5.04. The highest BCUT2D eigenvalue weighted by Crippen LogP contribution is 2.29. The molecule has 21 heavy (non-hydrogen) atoms. The largest absolute Gasteiger partial charge is 0.326 e. The van der Waals surface area contributed by atoms with Crippen LogP contribution in [0.3, 0.4) is 0 Å². The zero-order valence-corrected chi connectivity index (χ0v) is 13.7. The van der Waals surface area contributed by atoms with Gasteiger partial charge in [0.05, 0.1) is 0 Å². The van der Waals surface area contributed by atoms with E-state index in [9.17, 15) is 4.79 Å². The Balaban J connectivity index is 2.03. The lowest BCUT2D eigenvalue weighted by Crippen LogP contribution is -2.42. The second-order valence-corrected chi connectivity index (χ2v) is 7.23. The highest BCUT2D eigenvalue weighted by Gasteiger charge is 2.24. The van der Waals surface area contributed by atoms with Crippen LogP contribution in [0.4, 0.5) is 5.69 Å². The minimum Gasteiger partial charge on any atom is -0.326 e. The molecule has 0 bridgehead atoms. The molecule has 3 nitrogen and oxygen atoms in total. The van der Waals surface area contributed by atoms with Crippen LogP contribution in [0.1, 0.15) is 52.5 Å². The van der Waals surface area contributed by atoms with Crippen LogP contribution < -0.4 is 10.6 Å². The van der Waals surface area contributed by atoms with Gasteiger partial charge in [0.15, 0.2) is 0 Å². The molecular formula is C18H28N2O. The molecule has 0 aromatic heterocycles. The van der Waals surface area contributed by atoms with Crippen molar-refractivity contribution in [2.75, 3.05) is 11.9 Å². The van der Waals surface area contributed by atoms with Crippen LogP contribution >= 0.6 is 0 Å². The van der Waals surface area contributed by atoms with Gasteiger partial charge in [0, 0.05) is 18.2 Å². The van der Waals surface area contributed by atoms with E-state index in [0.717, 1.165) is 12.2 Å². The van der Waals surface area contributed by atoms with E-state index in [1.807, 2.05) is 18.2 Å². The van der Waals surface area contributed by atoms with E-state index in [-0.39, 0.29) is 11.3 Å². The quantitative estimate of drug-likeness (QED) is 0.890. The summed E-state index contributed by atoms with van der Waals surface area (Å²) in [5.41, 5.74) is 2.15. The highest BCUT2D eigenvalue weighted by atomic mass is 16.1. The zero-order chi connectivity index (χ0) is 15.5. The third kappa shape index (κ3) is 4.31. The van der Waals surface area contributed by atoms with Crippen LogP contribution in [0.15, 0.2) is 24.3 Å². The number of para-hydroxylation sites is 1. The summed E-state index contributed by atoms with van der Waals surface area (Å²) in [5.74, 6) is 0.681. The summed E-state index contributed by atoms with van der Waals surface area (Å²) in [6.07, 6.45) is 2.98. The van der Waals surface area contributed by atoms with Crippen molar-refractivity contribution in [2.24, 2.45) is 5.92 Å².